The quantitative estimate of drug-likeness (QED) is 0.331. The van der Waals surface area contributed by atoms with E-state index in [1.807, 2.05) is 56.3 Å². The van der Waals surface area contributed by atoms with Crippen molar-refractivity contribution in [3.05, 3.63) is 59.7 Å². The first kappa shape index (κ1) is 21.8. The van der Waals surface area contributed by atoms with Crippen LogP contribution in [-0.4, -0.2) is 25.0 Å². The van der Waals surface area contributed by atoms with E-state index in [1.165, 1.54) is 0 Å². The van der Waals surface area contributed by atoms with Gasteiger partial charge < -0.3 is 21.1 Å². The minimum atomic E-state index is -0.141. The van der Waals surface area contributed by atoms with Crippen LogP contribution in [-0.2, 0) is 11.3 Å². The Hall–Kier alpha value is -2.29. The smallest absolute Gasteiger partial charge is 0.257 e. The number of nitrogens with two attached hydrogens (primary N) is 1. The Morgan fingerprint density at radius 1 is 1.19 bits per heavy atom. The second kappa shape index (κ2) is 11.3. The second-order valence-corrected chi connectivity index (χ2v) is 5.59. The van der Waals surface area contributed by atoms with Gasteiger partial charge in [-0.2, -0.15) is 0 Å². The summed E-state index contributed by atoms with van der Waals surface area (Å²) in [6.45, 7) is 4.89. The molecule has 0 unspecified atom stereocenters. The number of nitrogens with zero attached hydrogens (tertiary/aromatic N) is 1. The van der Waals surface area contributed by atoms with Crippen LogP contribution in [0.5, 0.6) is 5.75 Å². The molecule has 2 aromatic carbocycles. The maximum Gasteiger partial charge on any atom is 0.257 e. The Kier molecular flexibility index (Phi) is 9.50. The van der Waals surface area contributed by atoms with Crippen molar-refractivity contribution in [3.8, 4) is 5.75 Å². The molecule has 1 amide bonds. The van der Waals surface area contributed by atoms with Crippen molar-refractivity contribution < 1.29 is 9.53 Å². The first-order chi connectivity index (χ1) is 12.1. The van der Waals surface area contributed by atoms with Gasteiger partial charge in [-0.1, -0.05) is 24.3 Å². The Morgan fingerprint density at radius 3 is 2.69 bits per heavy atom. The largest absolute Gasteiger partial charge is 0.484 e. The monoisotopic (exact) mass is 468 g/mol. The molecular formula is C19H25IN4O2. The Bertz CT molecular complexity index is 750. The number of halogens is 1. The van der Waals surface area contributed by atoms with Gasteiger partial charge in [-0.3, -0.25) is 4.79 Å². The summed E-state index contributed by atoms with van der Waals surface area (Å²) in [5.74, 6) is 0.834. The Morgan fingerprint density at radius 2 is 1.96 bits per heavy atom. The molecule has 7 heteroatoms. The van der Waals surface area contributed by atoms with Gasteiger partial charge in [0.25, 0.3) is 5.91 Å². The van der Waals surface area contributed by atoms with E-state index in [2.05, 4.69) is 15.6 Å². The topological polar surface area (TPSA) is 88.7 Å². The average molecular weight is 468 g/mol. The highest BCUT2D eigenvalue weighted by atomic mass is 127. The average Bonchev–Trinajstić information content (AvgIpc) is 2.59. The molecule has 0 heterocycles. The van der Waals surface area contributed by atoms with Gasteiger partial charge in [0.05, 0.1) is 6.54 Å². The lowest BCUT2D eigenvalue weighted by Gasteiger charge is -2.08. The van der Waals surface area contributed by atoms with Crippen LogP contribution in [0.4, 0.5) is 5.69 Å². The van der Waals surface area contributed by atoms with Crippen LogP contribution in [0.25, 0.3) is 0 Å². The molecule has 6 nitrogen and oxygen atoms in total. The summed E-state index contributed by atoms with van der Waals surface area (Å²) >= 11 is 0. The van der Waals surface area contributed by atoms with Crippen molar-refractivity contribution in [3.63, 3.8) is 0 Å². The van der Waals surface area contributed by atoms with E-state index in [4.69, 9.17) is 10.5 Å². The summed E-state index contributed by atoms with van der Waals surface area (Å²) in [6.07, 6.45) is 0. The van der Waals surface area contributed by atoms with Crippen LogP contribution < -0.4 is 21.1 Å². The number of rotatable bonds is 7. The fraction of sp³-hybridized carbons (Fsp3) is 0.263. The Labute approximate surface area is 171 Å². The maximum absolute atomic E-state index is 11.4. The van der Waals surface area contributed by atoms with Crippen LogP contribution in [0.1, 0.15) is 18.1 Å². The SMILES string of the molecule is CCNC(=O)COc1cccc(CN=C(N)Nc2cccc(C)c2)c1.I. The minimum Gasteiger partial charge on any atom is -0.484 e. The number of amides is 1. The third-order valence-electron chi connectivity index (χ3n) is 3.36. The summed E-state index contributed by atoms with van der Waals surface area (Å²) in [5.41, 5.74) is 8.93. The third-order valence-corrected chi connectivity index (χ3v) is 3.36. The number of aliphatic imine (C=N–C) groups is 1. The molecule has 26 heavy (non-hydrogen) atoms. The lowest BCUT2D eigenvalue weighted by atomic mass is 10.2. The van der Waals surface area contributed by atoms with Crippen LogP contribution in [0.3, 0.4) is 0 Å². The first-order valence-corrected chi connectivity index (χ1v) is 8.19. The molecule has 0 aliphatic rings. The van der Waals surface area contributed by atoms with Crippen molar-refractivity contribution in [2.24, 2.45) is 10.7 Å². The van der Waals surface area contributed by atoms with Crippen LogP contribution in [0.2, 0.25) is 0 Å². The predicted octanol–water partition coefficient (Wildman–Crippen LogP) is 3.05. The van der Waals surface area contributed by atoms with Gasteiger partial charge in [-0.15, -0.1) is 24.0 Å². The fourth-order valence-corrected chi connectivity index (χ4v) is 2.22. The van der Waals surface area contributed by atoms with Gasteiger partial charge in [0.2, 0.25) is 0 Å². The first-order valence-electron chi connectivity index (χ1n) is 8.19. The van der Waals surface area contributed by atoms with Crippen molar-refractivity contribution in [2.75, 3.05) is 18.5 Å². The van der Waals surface area contributed by atoms with Gasteiger partial charge in [-0.25, -0.2) is 4.99 Å². The number of carbonyl (C=O) groups is 1. The number of ether oxygens (including phenoxy) is 1. The van der Waals surface area contributed by atoms with Crippen LogP contribution in [0.15, 0.2) is 53.5 Å². The standard InChI is InChI=1S/C19H24N4O2.HI/c1-3-21-18(24)13-25-17-9-5-7-15(11-17)12-22-19(20)23-16-8-4-6-14(2)10-16;/h4-11H,3,12-13H2,1-2H3,(H,21,24)(H3,20,22,23);1H. The number of hydrogen-bond acceptors (Lipinski definition) is 3. The molecule has 0 aromatic heterocycles. The third kappa shape index (κ3) is 7.73. The molecule has 140 valence electrons. The van der Waals surface area contributed by atoms with E-state index in [-0.39, 0.29) is 36.5 Å². The van der Waals surface area contributed by atoms with E-state index < -0.39 is 0 Å². The second-order valence-electron chi connectivity index (χ2n) is 5.59. The molecule has 2 aromatic rings. The predicted molar refractivity (Wildman–Crippen MR) is 116 cm³/mol. The summed E-state index contributed by atoms with van der Waals surface area (Å²) in [4.78, 5) is 15.8. The molecule has 0 aliphatic heterocycles. The summed E-state index contributed by atoms with van der Waals surface area (Å²) in [5, 5.41) is 5.75. The zero-order chi connectivity index (χ0) is 18.1. The molecule has 0 atom stereocenters. The number of anilines is 1. The number of hydrogen-bond donors (Lipinski definition) is 3. The normalized spacial score (nSPS) is 10.6. The van der Waals surface area contributed by atoms with E-state index in [1.54, 1.807) is 6.07 Å². The van der Waals surface area contributed by atoms with Crippen molar-refractivity contribution in [2.45, 2.75) is 20.4 Å². The van der Waals surface area contributed by atoms with E-state index >= 15 is 0 Å². The fourth-order valence-electron chi connectivity index (χ4n) is 2.22. The molecule has 0 saturated heterocycles. The van der Waals surface area contributed by atoms with Gasteiger partial charge in [-0.05, 0) is 49.2 Å². The van der Waals surface area contributed by atoms with E-state index in [0.717, 1.165) is 16.8 Å². The highest BCUT2D eigenvalue weighted by Crippen LogP contribution is 2.14. The van der Waals surface area contributed by atoms with Gasteiger partial charge in [0.15, 0.2) is 12.6 Å². The van der Waals surface area contributed by atoms with Crippen LogP contribution >= 0.6 is 24.0 Å². The number of guanidine groups is 1. The number of benzene rings is 2. The minimum absolute atomic E-state index is 0. The Balaban J connectivity index is 0.00000338. The zero-order valence-corrected chi connectivity index (χ0v) is 17.3. The molecule has 2 rings (SSSR count). The molecule has 0 saturated carbocycles. The lowest BCUT2D eigenvalue weighted by molar-refractivity contribution is -0.122. The van der Waals surface area contributed by atoms with E-state index in [0.29, 0.717) is 24.8 Å². The number of aryl methyl sites for hydroxylation is 1. The van der Waals surface area contributed by atoms with Gasteiger partial charge >= 0.3 is 0 Å². The highest BCUT2D eigenvalue weighted by molar-refractivity contribution is 14.0. The summed E-state index contributed by atoms with van der Waals surface area (Å²) < 4.78 is 5.47. The van der Waals surface area contributed by atoms with Crippen molar-refractivity contribution >= 4 is 41.5 Å². The van der Waals surface area contributed by atoms with Gasteiger partial charge in [0.1, 0.15) is 5.75 Å². The van der Waals surface area contributed by atoms with Crippen molar-refractivity contribution in [1.82, 2.24) is 5.32 Å². The maximum atomic E-state index is 11.4. The molecule has 0 fully saturated rings. The zero-order valence-electron chi connectivity index (χ0n) is 15.0. The molecule has 0 radical (unpaired) electrons. The molecule has 0 aliphatic carbocycles. The molecule has 4 N–H and O–H groups in total. The molecule has 0 bridgehead atoms. The highest BCUT2D eigenvalue weighted by Gasteiger charge is 2.02. The van der Waals surface area contributed by atoms with E-state index in [9.17, 15) is 4.79 Å². The number of carbonyl (C=O) groups excluding carboxylic acids is 1. The summed E-state index contributed by atoms with van der Waals surface area (Å²) in [7, 11) is 0. The van der Waals surface area contributed by atoms with Gasteiger partial charge in [0, 0.05) is 12.2 Å². The number of likely N-dealkylation sites (N-methyl/N-ethyl adjacent to an activating group) is 1. The number of nitrogens with one attached hydrogen (secondary N) is 2. The molecule has 0 spiro atoms. The molecular weight excluding hydrogens is 443 g/mol. The van der Waals surface area contributed by atoms with Crippen molar-refractivity contribution in [1.29, 1.82) is 0 Å². The summed E-state index contributed by atoms with van der Waals surface area (Å²) in [6, 6.07) is 15.4. The lowest BCUT2D eigenvalue weighted by Crippen LogP contribution is -2.28. The van der Waals surface area contributed by atoms with Crippen LogP contribution in [0, 0.1) is 6.92 Å².